The van der Waals surface area contributed by atoms with Crippen LogP contribution in [0, 0.1) is 5.92 Å². The third-order valence-electron chi connectivity index (χ3n) is 6.37. The maximum Gasteiger partial charge on any atom is 0.435 e. The number of amides is 1. The zero-order valence-electron chi connectivity index (χ0n) is 17.1. The van der Waals surface area contributed by atoms with Crippen molar-refractivity contribution in [3.05, 3.63) is 69.2 Å². The molecule has 5 rings (SSSR count). The molecule has 0 spiro atoms. The summed E-state index contributed by atoms with van der Waals surface area (Å²) in [4.78, 5) is 18.6. The molecule has 4 nitrogen and oxygen atoms in total. The molecule has 2 heterocycles. The van der Waals surface area contributed by atoms with E-state index in [4.69, 9.17) is 28.0 Å². The summed E-state index contributed by atoms with van der Waals surface area (Å²) in [5, 5.41) is 3.81. The second kappa shape index (κ2) is 7.60. The van der Waals surface area contributed by atoms with Crippen molar-refractivity contribution < 1.29 is 27.2 Å². The highest BCUT2D eigenvalue weighted by Crippen LogP contribution is 2.50. The van der Waals surface area contributed by atoms with Crippen LogP contribution in [0.15, 0.2) is 47.6 Å². The van der Waals surface area contributed by atoms with E-state index in [0.29, 0.717) is 11.1 Å². The molecule has 0 radical (unpaired) electrons. The lowest BCUT2D eigenvalue weighted by Gasteiger charge is -2.45. The largest absolute Gasteiger partial charge is 0.435 e. The number of carbonyl (C=O) groups excluding carboxylic acids is 1. The number of oxime groups is 1. The summed E-state index contributed by atoms with van der Waals surface area (Å²) in [6.45, 7) is -0.0309. The predicted octanol–water partition coefficient (Wildman–Crippen LogP) is 5.99. The highest BCUT2D eigenvalue weighted by Gasteiger charge is 2.62. The van der Waals surface area contributed by atoms with Gasteiger partial charge in [-0.2, -0.15) is 13.2 Å². The van der Waals surface area contributed by atoms with Crippen LogP contribution in [0.4, 0.5) is 17.6 Å². The molecule has 2 aromatic carbocycles. The molecular formula is C23H18Cl2F4N2O2. The van der Waals surface area contributed by atoms with Gasteiger partial charge in [-0.15, -0.1) is 0 Å². The monoisotopic (exact) mass is 500 g/mol. The Morgan fingerprint density at radius 1 is 1.03 bits per heavy atom. The van der Waals surface area contributed by atoms with Crippen LogP contribution in [0.5, 0.6) is 0 Å². The van der Waals surface area contributed by atoms with Gasteiger partial charge in [0.25, 0.3) is 5.60 Å². The first-order chi connectivity index (χ1) is 15.5. The van der Waals surface area contributed by atoms with Crippen molar-refractivity contribution in [1.29, 1.82) is 0 Å². The van der Waals surface area contributed by atoms with Crippen LogP contribution in [-0.2, 0) is 20.9 Å². The second-order valence-corrected chi connectivity index (χ2v) is 9.67. The van der Waals surface area contributed by atoms with Gasteiger partial charge in [0.1, 0.15) is 0 Å². The van der Waals surface area contributed by atoms with E-state index >= 15 is 4.39 Å². The highest BCUT2D eigenvalue weighted by atomic mass is 35.5. The van der Waals surface area contributed by atoms with Crippen LogP contribution in [-0.4, -0.2) is 35.8 Å². The Labute approximate surface area is 197 Å². The molecule has 1 unspecified atom stereocenters. The third kappa shape index (κ3) is 3.87. The third-order valence-corrected chi connectivity index (χ3v) is 6.81. The first-order valence-corrected chi connectivity index (χ1v) is 11.1. The molecule has 0 bridgehead atoms. The summed E-state index contributed by atoms with van der Waals surface area (Å²) >= 11 is 11.8. The van der Waals surface area contributed by atoms with Gasteiger partial charge in [0.2, 0.25) is 5.91 Å². The van der Waals surface area contributed by atoms with Gasteiger partial charge in [-0.25, -0.2) is 4.39 Å². The van der Waals surface area contributed by atoms with Gasteiger partial charge in [0.05, 0.1) is 18.8 Å². The lowest BCUT2D eigenvalue weighted by molar-refractivity contribution is -0.275. The van der Waals surface area contributed by atoms with E-state index in [-0.39, 0.29) is 46.2 Å². The van der Waals surface area contributed by atoms with E-state index in [9.17, 15) is 18.0 Å². The molecule has 10 heteroatoms. The predicted molar refractivity (Wildman–Crippen MR) is 115 cm³/mol. The fraction of sp³-hybridized carbons (Fsp3) is 0.391. The molecule has 2 aliphatic heterocycles. The fourth-order valence-electron chi connectivity index (χ4n) is 4.29. The maximum absolute atomic E-state index is 15.2. The molecule has 1 aliphatic carbocycles. The van der Waals surface area contributed by atoms with Gasteiger partial charge in [-0.05, 0) is 42.2 Å². The lowest BCUT2D eigenvalue weighted by Crippen LogP contribution is -2.59. The average Bonchev–Trinajstić information content (AvgIpc) is 3.47. The van der Waals surface area contributed by atoms with Crippen LogP contribution in [0.3, 0.4) is 0 Å². The van der Waals surface area contributed by atoms with Gasteiger partial charge < -0.3 is 9.74 Å². The maximum atomic E-state index is 15.2. The number of halogens is 6. The van der Waals surface area contributed by atoms with Crippen LogP contribution >= 0.6 is 23.2 Å². The Morgan fingerprint density at radius 3 is 2.18 bits per heavy atom. The SMILES string of the molecule is O=C(C1CC1)N1CC(F)(c2ccc(C3=NOC(c4cc(Cl)cc(Cl)c4)(C(F)(F)F)C3)cc2)C1. The van der Waals surface area contributed by atoms with Crippen LogP contribution in [0.2, 0.25) is 10.0 Å². The number of hydrogen-bond donors (Lipinski definition) is 0. The number of carbonyl (C=O) groups is 1. The summed E-state index contributed by atoms with van der Waals surface area (Å²) in [6, 6.07) is 9.70. The van der Waals surface area contributed by atoms with Gasteiger partial charge in [0, 0.05) is 27.9 Å². The minimum Gasteiger partial charge on any atom is -0.374 e. The van der Waals surface area contributed by atoms with Gasteiger partial charge in [-0.3, -0.25) is 4.79 Å². The van der Waals surface area contributed by atoms with Crippen molar-refractivity contribution >= 4 is 34.8 Å². The standard InChI is InChI=1S/C23H18Cl2F4N2O2/c24-17-7-16(8-18(25)9-17)22(23(27,28)29)10-19(30-33-22)13-3-5-15(6-4-13)21(26)11-31(12-21)20(32)14-1-2-14/h3-9,14H,1-2,10-12H2. The number of likely N-dealkylation sites (tertiary alicyclic amines) is 1. The van der Waals surface area contributed by atoms with Crippen molar-refractivity contribution in [1.82, 2.24) is 4.90 Å². The molecule has 2 fully saturated rings. The van der Waals surface area contributed by atoms with Gasteiger partial charge in [-0.1, -0.05) is 52.6 Å². The van der Waals surface area contributed by atoms with E-state index in [1.807, 2.05) is 0 Å². The highest BCUT2D eigenvalue weighted by molar-refractivity contribution is 6.34. The number of hydrogen-bond acceptors (Lipinski definition) is 3. The molecule has 1 saturated heterocycles. The van der Waals surface area contributed by atoms with Crippen molar-refractivity contribution in [3.63, 3.8) is 0 Å². The quantitative estimate of drug-likeness (QED) is 0.483. The Kier molecular flexibility index (Phi) is 5.17. The molecule has 1 saturated carbocycles. The molecule has 3 aliphatic rings. The van der Waals surface area contributed by atoms with Crippen molar-refractivity contribution in [2.75, 3.05) is 13.1 Å². The molecule has 33 heavy (non-hydrogen) atoms. The second-order valence-electron chi connectivity index (χ2n) is 8.80. The minimum absolute atomic E-state index is 0.0121. The van der Waals surface area contributed by atoms with Gasteiger partial charge >= 0.3 is 6.18 Å². The van der Waals surface area contributed by atoms with Crippen LogP contribution in [0.1, 0.15) is 36.0 Å². The Morgan fingerprint density at radius 2 is 1.64 bits per heavy atom. The Hall–Kier alpha value is -2.32. The zero-order chi connectivity index (χ0) is 23.6. The van der Waals surface area contributed by atoms with Crippen molar-refractivity contribution in [2.24, 2.45) is 11.1 Å². The lowest BCUT2D eigenvalue weighted by atomic mass is 9.84. The number of nitrogens with zero attached hydrogens (tertiary/aromatic N) is 2. The molecule has 174 valence electrons. The molecule has 2 aromatic rings. The van der Waals surface area contributed by atoms with Crippen molar-refractivity contribution in [2.45, 2.75) is 36.7 Å². The minimum atomic E-state index is -4.79. The van der Waals surface area contributed by atoms with E-state index in [2.05, 4.69) is 5.16 Å². The van der Waals surface area contributed by atoms with Gasteiger partial charge in [0.15, 0.2) is 5.67 Å². The normalized spacial score (nSPS) is 24.2. The molecular weight excluding hydrogens is 483 g/mol. The molecule has 1 amide bonds. The summed E-state index contributed by atoms with van der Waals surface area (Å²) in [6.07, 6.45) is -3.67. The topological polar surface area (TPSA) is 41.9 Å². The Balaban J connectivity index is 1.35. The first kappa shape index (κ1) is 22.5. The van der Waals surface area contributed by atoms with E-state index in [1.165, 1.54) is 35.2 Å². The summed E-state index contributed by atoms with van der Waals surface area (Å²) < 4.78 is 57.6. The first-order valence-electron chi connectivity index (χ1n) is 10.4. The van der Waals surface area contributed by atoms with E-state index < -0.39 is 23.9 Å². The number of alkyl halides is 4. The smallest absolute Gasteiger partial charge is 0.374 e. The zero-order valence-corrected chi connectivity index (χ0v) is 18.6. The molecule has 1 atom stereocenters. The number of rotatable bonds is 4. The fourth-order valence-corrected chi connectivity index (χ4v) is 4.82. The average molecular weight is 501 g/mol. The summed E-state index contributed by atoms with van der Waals surface area (Å²) in [5.74, 6) is 0.0162. The van der Waals surface area contributed by atoms with E-state index in [1.54, 1.807) is 0 Å². The molecule has 0 aromatic heterocycles. The van der Waals surface area contributed by atoms with Crippen LogP contribution < -0.4 is 0 Å². The number of benzene rings is 2. The van der Waals surface area contributed by atoms with Crippen molar-refractivity contribution in [3.8, 4) is 0 Å². The summed E-state index contributed by atoms with van der Waals surface area (Å²) in [5.41, 5.74) is -3.82. The Bertz CT molecular complexity index is 1120. The molecule has 0 N–H and O–H groups in total. The van der Waals surface area contributed by atoms with Crippen LogP contribution in [0.25, 0.3) is 0 Å². The van der Waals surface area contributed by atoms with E-state index in [0.717, 1.165) is 25.0 Å². The summed E-state index contributed by atoms with van der Waals surface area (Å²) in [7, 11) is 0.